The minimum Gasteiger partial charge on any atom is -0.355 e. The molecule has 0 atom stereocenters. The Labute approximate surface area is 98.8 Å². The average Bonchev–Trinajstić information content (AvgIpc) is 3.03. The largest absolute Gasteiger partial charge is 0.355 e. The van der Waals surface area contributed by atoms with Crippen LogP contribution in [0.3, 0.4) is 0 Å². The highest BCUT2D eigenvalue weighted by atomic mass is 32.2. The van der Waals surface area contributed by atoms with Gasteiger partial charge < -0.3 is 5.32 Å². The molecule has 1 saturated carbocycles. The molecule has 1 fully saturated rings. The number of carbonyl (C=O) groups excluding carboxylic acids is 1. The number of thioether (sulfide) groups is 1. The summed E-state index contributed by atoms with van der Waals surface area (Å²) >= 11 is 1.38. The van der Waals surface area contributed by atoms with Gasteiger partial charge in [0, 0.05) is 12.5 Å². The predicted octanol–water partition coefficient (Wildman–Crippen LogP) is 1.30. The summed E-state index contributed by atoms with van der Waals surface area (Å²) in [5, 5.41) is 10.5. The Bertz CT molecular complexity index is 361. The van der Waals surface area contributed by atoms with Crippen LogP contribution in [-0.4, -0.2) is 33.4 Å². The molecule has 1 aliphatic rings. The monoisotopic (exact) mass is 240 g/mol. The third-order valence-corrected chi connectivity index (χ3v) is 3.20. The van der Waals surface area contributed by atoms with Crippen molar-refractivity contribution in [2.45, 2.75) is 37.3 Å². The van der Waals surface area contributed by atoms with Gasteiger partial charge in [0.2, 0.25) is 11.1 Å². The third kappa shape index (κ3) is 3.23. The van der Waals surface area contributed by atoms with Crippen molar-refractivity contribution in [2.24, 2.45) is 0 Å². The molecule has 1 amide bonds. The van der Waals surface area contributed by atoms with E-state index in [4.69, 9.17) is 0 Å². The smallest absolute Gasteiger partial charge is 0.230 e. The van der Waals surface area contributed by atoms with E-state index in [1.54, 1.807) is 0 Å². The van der Waals surface area contributed by atoms with Crippen LogP contribution >= 0.6 is 11.8 Å². The molecule has 0 bridgehead atoms. The van der Waals surface area contributed by atoms with Gasteiger partial charge in [-0.3, -0.25) is 9.89 Å². The molecule has 2 rings (SSSR count). The molecule has 1 aromatic rings. The summed E-state index contributed by atoms with van der Waals surface area (Å²) in [5.74, 6) is 1.99. The van der Waals surface area contributed by atoms with E-state index in [0.29, 0.717) is 16.8 Å². The molecule has 1 heterocycles. The van der Waals surface area contributed by atoms with Gasteiger partial charge in [-0.15, -0.1) is 5.10 Å². The molecular weight excluding hydrogens is 224 g/mol. The SMILES string of the molecule is CCCNC(=O)CSc1n[nH]c(C2CC2)n1. The molecule has 0 aliphatic heterocycles. The lowest BCUT2D eigenvalue weighted by atomic mass is 10.4. The highest BCUT2D eigenvalue weighted by molar-refractivity contribution is 7.99. The molecule has 0 aromatic carbocycles. The molecule has 1 aliphatic carbocycles. The number of amides is 1. The van der Waals surface area contributed by atoms with Crippen LogP contribution in [0.25, 0.3) is 0 Å². The van der Waals surface area contributed by atoms with E-state index in [-0.39, 0.29) is 5.91 Å². The van der Waals surface area contributed by atoms with E-state index in [1.165, 1.54) is 24.6 Å². The Morgan fingerprint density at radius 3 is 3.12 bits per heavy atom. The number of aromatic amines is 1. The van der Waals surface area contributed by atoms with Crippen molar-refractivity contribution >= 4 is 17.7 Å². The number of hydrogen-bond donors (Lipinski definition) is 2. The number of nitrogens with zero attached hydrogens (tertiary/aromatic N) is 2. The van der Waals surface area contributed by atoms with E-state index in [1.807, 2.05) is 6.92 Å². The van der Waals surface area contributed by atoms with Gasteiger partial charge in [0.1, 0.15) is 5.82 Å². The Balaban J connectivity index is 1.73. The van der Waals surface area contributed by atoms with Gasteiger partial charge in [-0.1, -0.05) is 18.7 Å². The second-order valence-corrected chi connectivity index (χ2v) is 4.86. The average molecular weight is 240 g/mol. The summed E-state index contributed by atoms with van der Waals surface area (Å²) in [6.45, 7) is 2.77. The van der Waals surface area contributed by atoms with E-state index < -0.39 is 0 Å². The second-order valence-electron chi connectivity index (χ2n) is 3.92. The van der Waals surface area contributed by atoms with E-state index >= 15 is 0 Å². The highest BCUT2D eigenvalue weighted by Crippen LogP contribution is 2.38. The van der Waals surface area contributed by atoms with Crippen molar-refractivity contribution in [2.75, 3.05) is 12.3 Å². The number of nitrogens with one attached hydrogen (secondary N) is 2. The second kappa shape index (κ2) is 5.34. The lowest BCUT2D eigenvalue weighted by Crippen LogP contribution is -2.25. The van der Waals surface area contributed by atoms with Gasteiger partial charge in [0.25, 0.3) is 0 Å². The fraction of sp³-hybridized carbons (Fsp3) is 0.700. The van der Waals surface area contributed by atoms with Crippen LogP contribution in [0.1, 0.15) is 37.9 Å². The van der Waals surface area contributed by atoms with Gasteiger partial charge in [0.15, 0.2) is 0 Å². The first kappa shape index (κ1) is 11.4. The molecule has 0 spiro atoms. The van der Waals surface area contributed by atoms with Gasteiger partial charge >= 0.3 is 0 Å². The standard InChI is InChI=1S/C10H16N4OS/c1-2-5-11-8(15)6-16-10-12-9(13-14-10)7-3-4-7/h7H,2-6H2,1H3,(H,11,15)(H,12,13,14). The maximum absolute atomic E-state index is 11.3. The lowest BCUT2D eigenvalue weighted by Gasteiger charge is -2.00. The van der Waals surface area contributed by atoms with Crippen LogP contribution in [0, 0.1) is 0 Å². The van der Waals surface area contributed by atoms with Crippen molar-refractivity contribution in [3.63, 3.8) is 0 Å². The molecular formula is C10H16N4OS. The quantitative estimate of drug-likeness (QED) is 0.735. The molecule has 2 N–H and O–H groups in total. The van der Waals surface area contributed by atoms with Gasteiger partial charge in [-0.2, -0.15) is 0 Å². The van der Waals surface area contributed by atoms with Crippen LogP contribution in [0.15, 0.2) is 5.16 Å². The van der Waals surface area contributed by atoms with Crippen molar-refractivity contribution < 1.29 is 4.79 Å². The van der Waals surface area contributed by atoms with E-state index in [2.05, 4.69) is 20.5 Å². The Morgan fingerprint density at radius 1 is 1.62 bits per heavy atom. The number of H-pyrrole nitrogens is 1. The zero-order valence-corrected chi connectivity index (χ0v) is 10.1. The summed E-state index contributed by atoms with van der Waals surface area (Å²) in [7, 11) is 0. The zero-order valence-electron chi connectivity index (χ0n) is 9.32. The number of aromatic nitrogens is 3. The van der Waals surface area contributed by atoms with Gasteiger partial charge in [0.05, 0.1) is 5.75 Å². The maximum atomic E-state index is 11.3. The van der Waals surface area contributed by atoms with Crippen molar-refractivity contribution in [1.29, 1.82) is 0 Å². The number of carbonyl (C=O) groups is 1. The van der Waals surface area contributed by atoms with Crippen LogP contribution in [0.4, 0.5) is 0 Å². The van der Waals surface area contributed by atoms with Crippen LogP contribution in [0.5, 0.6) is 0 Å². The summed E-state index contributed by atoms with van der Waals surface area (Å²) < 4.78 is 0. The van der Waals surface area contributed by atoms with Crippen molar-refractivity contribution in [1.82, 2.24) is 20.5 Å². The summed E-state index contributed by atoms with van der Waals surface area (Å²) in [6.07, 6.45) is 3.37. The maximum Gasteiger partial charge on any atom is 0.230 e. The molecule has 0 saturated heterocycles. The summed E-state index contributed by atoms with van der Waals surface area (Å²) in [6, 6.07) is 0. The van der Waals surface area contributed by atoms with Crippen molar-refractivity contribution in [3.8, 4) is 0 Å². The van der Waals surface area contributed by atoms with Crippen LogP contribution in [0.2, 0.25) is 0 Å². The predicted molar refractivity (Wildman–Crippen MR) is 62.4 cm³/mol. The van der Waals surface area contributed by atoms with Gasteiger partial charge in [-0.25, -0.2) is 4.98 Å². The van der Waals surface area contributed by atoms with Crippen LogP contribution < -0.4 is 5.32 Å². The summed E-state index contributed by atoms with van der Waals surface area (Å²) in [5.41, 5.74) is 0. The third-order valence-electron chi connectivity index (χ3n) is 2.35. The molecule has 88 valence electrons. The number of rotatable bonds is 6. The Morgan fingerprint density at radius 2 is 2.44 bits per heavy atom. The molecule has 0 radical (unpaired) electrons. The first-order chi connectivity index (χ1) is 7.79. The fourth-order valence-electron chi connectivity index (χ4n) is 1.31. The Kier molecular flexibility index (Phi) is 3.82. The zero-order chi connectivity index (χ0) is 11.4. The van der Waals surface area contributed by atoms with E-state index in [9.17, 15) is 4.79 Å². The van der Waals surface area contributed by atoms with Crippen molar-refractivity contribution in [3.05, 3.63) is 5.82 Å². The number of hydrogen-bond acceptors (Lipinski definition) is 4. The lowest BCUT2D eigenvalue weighted by molar-refractivity contribution is -0.118. The molecule has 1 aromatic heterocycles. The molecule has 16 heavy (non-hydrogen) atoms. The fourth-order valence-corrected chi connectivity index (χ4v) is 1.94. The van der Waals surface area contributed by atoms with E-state index in [0.717, 1.165) is 18.8 Å². The normalized spacial score (nSPS) is 15.1. The summed E-state index contributed by atoms with van der Waals surface area (Å²) in [4.78, 5) is 15.7. The van der Waals surface area contributed by atoms with Gasteiger partial charge in [-0.05, 0) is 19.3 Å². The Hall–Kier alpha value is -1.04. The topological polar surface area (TPSA) is 70.7 Å². The van der Waals surface area contributed by atoms with Crippen LogP contribution in [-0.2, 0) is 4.79 Å². The molecule has 6 heteroatoms. The minimum atomic E-state index is 0.0459. The molecule has 0 unspecified atom stereocenters. The molecule has 5 nitrogen and oxygen atoms in total. The minimum absolute atomic E-state index is 0.0459. The highest BCUT2D eigenvalue weighted by Gasteiger charge is 2.27. The first-order valence-electron chi connectivity index (χ1n) is 5.61. The first-order valence-corrected chi connectivity index (χ1v) is 6.60.